The molecule has 2 aromatic carbocycles. The SMILES string of the molecule is COC(=O)c1cccc(C(=O)NCc2ccc(Cl)cc2Cl)c1. The molecule has 0 aromatic heterocycles. The number of carbonyl (C=O) groups is 2. The second-order valence-corrected chi connectivity index (χ2v) is 5.33. The van der Waals surface area contributed by atoms with E-state index in [-0.39, 0.29) is 12.5 Å². The third kappa shape index (κ3) is 4.00. The lowest BCUT2D eigenvalue weighted by molar-refractivity contribution is 0.0600. The van der Waals surface area contributed by atoms with Gasteiger partial charge in [0.2, 0.25) is 0 Å². The number of rotatable bonds is 4. The highest BCUT2D eigenvalue weighted by Crippen LogP contribution is 2.20. The highest BCUT2D eigenvalue weighted by atomic mass is 35.5. The fourth-order valence-electron chi connectivity index (χ4n) is 1.85. The maximum Gasteiger partial charge on any atom is 0.337 e. The molecule has 0 radical (unpaired) electrons. The van der Waals surface area contributed by atoms with E-state index in [9.17, 15) is 9.59 Å². The first-order chi connectivity index (χ1) is 10.5. The standard InChI is InChI=1S/C16H13Cl2NO3/c1-22-16(21)11-4-2-3-10(7-11)15(20)19-9-12-5-6-13(17)8-14(12)18/h2-8H,9H2,1H3,(H,19,20). The number of nitrogens with one attached hydrogen (secondary N) is 1. The van der Waals surface area contributed by atoms with Gasteiger partial charge in [0.1, 0.15) is 0 Å². The molecule has 0 bridgehead atoms. The fourth-order valence-corrected chi connectivity index (χ4v) is 2.32. The number of benzene rings is 2. The Morgan fingerprint density at radius 2 is 1.82 bits per heavy atom. The lowest BCUT2D eigenvalue weighted by Gasteiger charge is -2.08. The first-order valence-corrected chi connectivity index (χ1v) is 7.17. The molecule has 1 amide bonds. The smallest absolute Gasteiger partial charge is 0.337 e. The number of ether oxygens (including phenoxy) is 1. The van der Waals surface area contributed by atoms with Crippen LogP contribution in [-0.4, -0.2) is 19.0 Å². The van der Waals surface area contributed by atoms with E-state index in [1.165, 1.54) is 13.2 Å². The highest BCUT2D eigenvalue weighted by molar-refractivity contribution is 6.35. The third-order valence-electron chi connectivity index (χ3n) is 3.00. The molecule has 2 aromatic rings. The van der Waals surface area contributed by atoms with Crippen LogP contribution in [0.25, 0.3) is 0 Å². The molecule has 0 aliphatic rings. The molecule has 0 saturated heterocycles. The maximum atomic E-state index is 12.1. The van der Waals surface area contributed by atoms with Gasteiger partial charge in [-0.15, -0.1) is 0 Å². The van der Waals surface area contributed by atoms with E-state index in [1.807, 2.05) is 0 Å². The zero-order valence-corrected chi connectivity index (χ0v) is 13.2. The van der Waals surface area contributed by atoms with Crippen LogP contribution in [0.15, 0.2) is 42.5 Å². The van der Waals surface area contributed by atoms with E-state index in [0.717, 1.165) is 5.56 Å². The Bertz CT molecular complexity index is 716. The monoisotopic (exact) mass is 337 g/mol. The summed E-state index contributed by atoms with van der Waals surface area (Å²) in [5, 5.41) is 3.76. The molecule has 6 heteroatoms. The minimum atomic E-state index is -0.490. The van der Waals surface area contributed by atoms with Gasteiger partial charge in [0.15, 0.2) is 0 Å². The molecule has 1 N–H and O–H groups in total. The first kappa shape index (κ1) is 16.3. The van der Waals surface area contributed by atoms with E-state index in [1.54, 1.807) is 36.4 Å². The van der Waals surface area contributed by atoms with Crippen molar-refractivity contribution in [3.63, 3.8) is 0 Å². The largest absolute Gasteiger partial charge is 0.465 e. The van der Waals surface area contributed by atoms with Gasteiger partial charge in [-0.1, -0.05) is 35.3 Å². The summed E-state index contributed by atoms with van der Waals surface area (Å²) in [7, 11) is 1.29. The zero-order valence-electron chi connectivity index (χ0n) is 11.7. The molecule has 0 spiro atoms. The molecule has 0 unspecified atom stereocenters. The van der Waals surface area contributed by atoms with E-state index >= 15 is 0 Å². The molecule has 0 atom stereocenters. The van der Waals surface area contributed by atoms with Crippen molar-refractivity contribution in [1.82, 2.24) is 5.32 Å². The van der Waals surface area contributed by atoms with Crippen LogP contribution in [0.5, 0.6) is 0 Å². The predicted molar refractivity (Wildman–Crippen MR) is 85.4 cm³/mol. The Morgan fingerprint density at radius 1 is 1.09 bits per heavy atom. The van der Waals surface area contributed by atoms with Crippen LogP contribution in [0, 0.1) is 0 Å². The van der Waals surface area contributed by atoms with Crippen LogP contribution >= 0.6 is 23.2 Å². The molecular formula is C16H13Cl2NO3. The molecule has 114 valence electrons. The molecule has 0 aliphatic carbocycles. The van der Waals surface area contributed by atoms with Crippen molar-refractivity contribution in [2.45, 2.75) is 6.54 Å². The van der Waals surface area contributed by atoms with E-state index in [4.69, 9.17) is 23.2 Å². The Labute approximate surface area is 138 Å². The first-order valence-electron chi connectivity index (χ1n) is 6.42. The number of hydrogen-bond acceptors (Lipinski definition) is 3. The van der Waals surface area contributed by atoms with Crippen LogP contribution in [0.4, 0.5) is 0 Å². The Kier molecular flexibility index (Phi) is 5.41. The number of halogens is 2. The summed E-state index contributed by atoms with van der Waals surface area (Å²) in [6.07, 6.45) is 0. The van der Waals surface area contributed by atoms with Crippen molar-refractivity contribution in [2.75, 3.05) is 7.11 Å². The number of hydrogen-bond donors (Lipinski definition) is 1. The van der Waals surface area contributed by atoms with Crippen molar-refractivity contribution in [3.05, 3.63) is 69.2 Å². The van der Waals surface area contributed by atoms with Crippen LogP contribution < -0.4 is 5.32 Å². The second kappa shape index (κ2) is 7.29. The topological polar surface area (TPSA) is 55.4 Å². The van der Waals surface area contributed by atoms with Crippen molar-refractivity contribution in [1.29, 1.82) is 0 Å². The van der Waals surface area contributed by atoms with Crippen LogP contribution in [0.2, 0.25) is 10.0 Å². The normalized spacial score (nSPS) is 10.1. The third-order valence-corrected chi connectivity index (χ3v) is 3.59. The van der Waals surface area contributed by atoms with Crippen molar-refractivity contribution < 1.29 is 14.3 Å². The Morgan fingerprint density at radius 3 is 2.50 bits per heavy atom. The molecule has 4 nitrogen and oxygen atoms in total. The number of carbonyl (C=O) groups excluding carboxylic acids is 2. The number of amides is 1. The summed E-state index contributed by atoms with van der Waals surface area (Å²) in [4.78, 5) is 23.6. The Balaban J connectivity index is 2.08. The van der Waals surface area contributed by atoms with Gasteiger partial charge in [0.05, 0.1) is 12.7 Å². The van der Waals surface area contributed by atoms with Gasteiger partial charge in [0, 0.05) is 22.2 Å². The zero-order chi connectivity index (χ0) is 16.1. The highest BCUT2D eigenvalue weighted by Gasteiger charge is 2.11. The summed E-state index contributed by atoms with van der Waals surface area (Å²) < 4.78 is 4.63. The summed E-state index contributed by atoms with van der Waals surface area (Å²) in [6, 6.07) is 11.4. The van der Waals surface area contributed by atoms with Crippen molar-refractivity contribution >= 4 is 35.1 Å². The van der Waals surface area contributed by atoms with Crippen LogP contribution in [-0.2, 0) is 11.3 Å². The number of esters is 1. The van der Waals surface area contributed by atoms with Crippen molar-refractivity contribution in [2.24, 2.45) is 0 Å². The van der Waals surface area contributed by atoms with Gasteiger partial charge in [-0.05, 0) is 35.9 Å². The summed E-state index contributed by atoms with van der Waals surface area (Å²) in [5.41, 5.74) is 1.44. The van der Waals surface area contributed by atoms with E-state index < -0.39 is 5.97 Å². The molecular weight excluding hydrogens is 325 g/mol. The molecule has 0 heterocycles. The van der Waals surface area contributed by atoms with Crippen molar-refractivity contribution in [3.8, 4) is 0 Å². The minimum absolute atomic E-state index is 0.261. The minimum Gasteiger partial charge on any atom is -0.465 e. The van der Waals surface area contributed by atoms with E-state index in [0.29, 0.717) is 21.2 Å². The van der Waals surface area contributed by atoms with Gasteiger partial charge < -0.3 is 10.1 Å². The molecule has 2 rings (SSSR count). The fraction of sp³-hybridized carbons (Fsp3) is 0.125. The van der Waals surface area contributed by atoms with Crippen LogP contribution in [0.1, 0.15) is 26.3 Å². The summed E-state index contributed by atoms with van der Waals surface area (Å²) in [5.74, 6) is -0.799. The lowest BCUT2D eigenvalue weighted by Crippen LogP contribution is -2.23. The van der Waals surface area contributed by atoms with Crippen LogP contribution in [0.3, 0.4) is 0 Å². The quantitative estimate of drug-likeness (QED) is 0.865. The molecule has 0 fully saturated rings. The van der Waals surface area contributed by atoms with E-state index in [2.05, 4.69) is 10.1 Å². The second-order valence-electron chi connectivity index (χ2n) is 4.49. The van der Waals surface area contributed by atoms with Gasteiger partial charge >= 0.3 is 5.97 Å². The Hall–Kier alpha value is -2.04. The summed E-state index contributed by atoms with van der Waals surface area (Å²) in [6.45, 7) is 0.261. The average Bonchev–Trinajstić information content (AvgIpc) is 2.53. The maximum absolute atomic E-state index is 12.1. The van der Waals surface area contributed by atoms with Gasteiger partial charge in [-0.2, -0.15) is 0 Å². The molecule has 0 saturated carbocycles. The molecule has 0 aliphatic heterocycles. The van der Waals surface area contributed by atoms with Gasteiger partial charge in [-0.25, -0.2) is 4.79 Å². The predicted octanol–water partition coefficient (Wildman–Crippen LogP) is 3.71. The average molecular weight is 338 g/mol. The van der Waals surface area contributed by atoms with Gasteiger partial charge in [-0.3, -0.25) is 4.79 Å². The van der Waals surface area contributed by atoms with Gasteiger partial charge in [0.25, 0.3) is 5.91 Å². The lowest BCUT2D eigenvalue weighted by atomic mass is 10.1. The molecule has 22 heavy (non-hydrogen) atoms. The summed E-state index contributed by atoms with van der Waals surface area (Å²) >= 11 is 11.9. The number of methoxy groups -OCH3 is 1.